The van der Waals surface area contributed by atoms with Crippen molar-refractivity contribution in [1.82, 2.24) is 5.32 Å². The highest BCUT2D eigenvalue weighted by molar-refractivity contribution is 5.83. The van der Waals surface area contributed by atoms with Gasteiger partial charge in [-0.1, -0.05) is 40.5 Å². The van der Waals surface area contributed by atoms with E-state index in [4.69, 9.17) is 5.73 Å². The summed E-state index contributed by atoms with van der Waals surface area (Å²) >= 11 is 0. The average molecular weight is 268 g/mol. The lowest BCUT2D eigenvalue weighted by Gasteiger charge is -2.33. The van der Waals surface area contributed by atoms with Crippen LogP contribution in [-0.4, -0.2) is 18.5 Å². The molecule has 1 aliphatic rings. The molecule has 1 aliphatic carbocycles. The van der Waals surface area contributed by atoms with Crippen LogP contribution in [0.2, 0.25) is 0 Å². The molecule has 1 amide bonds. The van der Waals surface area contributed by atoms with E-state index >= 15 is 0 Å². The quantitative estimate of drug-likeness (QED) is 0.745. The number of carbonyl (C=O) groups is 1. The van der Waals surface area contributed by atoms with Gasteiger partial charge in [0.2, 0.25) is 5.91 Å². The van der Waals surface area contributed by atoms with Gasteiger partial charge in [0.25, 0.3) is 0 Å². The van der Waals surface area contributed by atoms with E-state index in [1.807, 2.05) is 0 Å². The summed E-state index contributed by atoms with van der Waals surface area (Å²) in [6.07, 6.45) is 6.41. The number of amides is 1. The van der Waals surface area contributed by atoms with Gasteiger partial charge in [-0.15, -0.1) is 0 Å². The van der Waals surface area contributed by atoms with Gasteiger partial charge in [-0.05, 0) is 44.1 Å². The lowest BCUT2D eigenvalue weighted by atomic mass is 9.77. The number of nitrogens with one attached hydrogen (secondary N) is 1. The molecule has 0 aromatic carbocycles. The Morgan fingerprint density at radius 2 is 1.79 bits per heavy atom. The Balaban J connectivity index is 2.71. The van der Waals surface area contributed by atoms with E-state index in [2.05, 4.69) is 33.0 Å². The van der Waals surface area contributed by atoms with Gasteiger partial charge in [0.1, 0.15) is 0 Å². The van der Waals surface area contributed by atoms with E-state index in [0.717, 1.165) is 25.7 Å². The van der Waals surface area contributed by atoms with Crippen molar-refractivity contribution < 1.29 is 4.79 Å². The zero-order valence-electron chi connectivity index (χ0n) is 13.2. The van der Waals surface area contributed by atoms with E-state index < -0.39 is 0 Å². The van der Waals surface area contributed by atoms with E-state index in [1.165, 1.54) is 12.8 Å². The van der Waals surface area contributed by atoms with Gasteiger partial charge < -0.3 is 11.1 Å². The lowest BCUT2D eigenvalue weighted by Crippen LogP contribution is -2.47. The highest BCUT2D eigenvalue weighted by Gasteiger charge is 2.41. The first-order valence-electron chi connectivity index (χ1n) is 7.92. The summed E-state index contributed by atoms with van der Waals surface area (Å²) < 4.78 is 0. The van der Waals surface area contributed by atoms with Gasteiger partial charge in [0.05, 0.1) is 0 Å². The van der Waals surface area contributed by atoms with Crippen molar-refractivity contribution in [1.29, 1.82) is 0 Å². The Kier molecular flexibility index (Phi) is 6.31. The number of carbonyl (C=O) groups excluding carboxylic acids is 1. The molecule has 3 nitrogen and oxygen atoms in total. The van der Waals surface area contributed by atoms with Gasteiger partial charge in [-0.2, -0.15) is 0 Å². The molecule has 0 heterocycles. The van der Waals surface area contributed by atoms with Crippen LogP contribution in [0.3, 0.4) is 0 Å². The normalized spacial score (nSPS) is 19.9. The van der Waals surface area contributed by atoms with Gasteiger partial charge in [-0.25, -0.2) is 0 Å². The predicted octanol–water partition coefficient (Wildman–Crippen LogP) is 3.08. The Morgan fingerprint density at radius 1 is 1.21 bits per heavy atom. The molecule has 0 bridgehead atoms. The topological polar surface area (TPSA) is 55.1 Å². The maximum Gasteiger partial charge on any atom is 0.226 e. The standard InChI is InChI=1S/C16H32N2O/c1-12(2)11-16(8-5-6-9-16)15(19)18-14(7-10-17)13(3)4/h12-14H,5-11,17H2,1-4H3,(H,18,19). The molecule has 0 spiro atoms. The second-order valence-corrected chi connectivity index (χ2v) is 6.99. The highest BCUT2D eigenvalue weighted by Crippen LogP contribution is 2.43. The first kappa shape index (κ1) is 16.5. The highest BCUT2D eigenvalue weighted by atomic mass is 16.2. The molecule has 1 rings (SSSR count). The molecule has 1 atom stereocenters. The molecule has 0 aromatic heterocycles. The fraction of sp³-hybridized carbons (Fsp3) is 0.938. The summed E-state index contributed by atoms with van der Waals surface area (Å²) in [6, 6.07) is 0.224. The zero-order chi connectivity index (χ0) is 14.5. The number of nitrogens with two attached hydrogens (primary N) is 1. The van der Waals surface area contributed by atoms with E-state index in [0.29, 0.717) is 18.4 Å². The summed E-state index contributed by atoms with van der Waals surface area (Å²) in [6.45, 7) is 9.38. The minimum absolute atomic E-state index is 0.101. The van der Waals surface area contributed by atoms with Gasteiger partial charge in [0, 0.05) is 11.5 Å². The van der Waals surface area contributed by atoms with Crippen molar-refractivity contribution in [2.45, 2.75) is 72.3 Å². The smallest absolute Gasteiger partial charge is 0.226 e. The van der Waals surface area contributed by atoms with Gasteiger partial charge in [-0.3, -0.25) is 4.79 Å². The fourth-order valence-corrected chi connectivity index (χ4v) is 3.43. The molecule has 1 fully saturated rings. The van der Waals surface area contributed by atoms with Crippen LogP contribution in [0.5, 0.6) is 0 Å². The summed E-state index contributed by atoms with van der Waals surface area (Å²) in [5.41, 5.74) is 5.56. The third-order valence-electron chi connectivity index (χ3n) is 4.44. The van der Waals surface area contributed by atoms with Crippen LogP contribution in [0.15, 0.2) is 0 Å². The minimum Gasteiger partial charge on any atom is -0.353 e. The monoisotopic (exact) mass is 268 g/mol. The second-order valence-electron chi connectivity index (χ2n) is 6.99. The predicted molar refractivity (Wildman–Crippen MR) is 80.8 cm³/mol. The summed E-state index contributed by atoms with van der Waals surface area (Å²) in [4.78, 5) is 12.7. The maximum absolute atomic E-state index is 12.7. The van der Waals surface area contributed by atoms with Crippen LogP contribution in [0.1, 0.15) is 66.2 Å². The fourth-order valence-electron chi connectivity index (χ4n) is 3.43. The van der Waals surface area contributed by atoms with Crippen LogP contribution in [0.4, 0.5) is 0 Å². The van der Waals surface area contributed by atoms with Crippen molar-refractivity contribution >= 4 is 5.91 Å². The SMILES string of the molecule is CC(C)CC1(C(=O)NC(CCN)C(C)C)CCCC1. The Morgan fingerprint density at radius 3 is 2.21 bits per heavy atom. The third-order valence-corrected chi connectivity index (χ3v) is 4.44. The number of rotatable bonds is 7. The van der Waals surface area contributed by atoms with Crippen molar-refractivity contribution in [3.63, 3.8) is 0 Å². The molecule has 3 N–H and O–H groups in total. The molecule has 3 heteroatoms. The molecule has 0 radical (unpaired) electrons. The molecule has 0 aromatic rings. The maximum atomic E-state index is 12.7. The van der Waals surface area contributed by atoms with Crippen molar-refractivity contribution in [3.05, 3.63) is 0 Å². The van der Waals surface area contributed by atoms with Crippen LogP contribution >= 0.6 is 0 Å². The molecule has 0 saturated heterocycles. The lowest BCUT2D eigenvalue weighted by molar-refractivity contribution is -0.133. The molecule has 112 valence electrons. The first-order valence-corrected chi connectivity index (χ1v) is 7.92. The Bertz CT molecular complexity index is 280. The van der Waals surface area contributed by atoms with E-state index in [1.54, 1.807) is 0 Å². The second kappa shape index (κ2) is 7.28. The zero-order valence-corrected chi connectivity index (χ0v) is 13.2. The largest absolute Gasteiger partial charge is 0.353 e. The summed E-state index contributed by atoms with van der Waals surface area (Å²) in [7, 11) is 0. The minimum atomic E-state index is -0.101. The van der Waals surface area contributed by atoms with Gasteiger partial charge in [0.15, 0.2) is 0 Å². The molecule has 1 unspecified atom stereocenters. The molecule has 0 aliphatic heterocycles. The van der Waals surface area contributed by atoms with Crippen LogP contribution in [0.25, 0.3) is 0 Å². The Labute approximate surface area is 118 Å². The molecule has 1 saturated carbocycles. The number of hydrogen-bond donors (Lipinski definition) is 2. The van der Waals surface area contributed by atoms with Crippen LogP contribution in [-0.2, 0) is 4.79 Å². The van der Waals surface area contributed by atoms with Crippen molar-refractivity contribution in [3.8, 4) is 0 Å². The van der Waals surface area contributed by atoms with E-state index in [-0.39, 0.29) is 17.4 Å². The van der Waals surface area contributed by atoms with Crippen LogP contribution < -0.4 is 11.1 Å². The third kappa shape index (κ3) is 4.48. The average Bonchev–Trinajstić information content (AvgIpc) is 2.77. The molecular formula is C16H32N2O. The summed E-state index contributed by atoms with van der Waals surface area (Å²) in [5.74, 6) is 1.31. The van der Waals surface area contributed by atoms with Crippen molar-refractivity contribution in [2.24, 2.45) is 23.0 Å². The molecule has 19 heavy (non-hydrogen) atoms. The first-order chi connectivity index (χ1) is 8.91. The summed E-state index contributed by atoms with van der Waals surface area (Å²) in [5, 5.41) is 3.29. The number of hydrogen-bond acceptors (Lipinski definition) is 2. The van der Waals surface area contributed by atoms with Gasteiger partial charge >= 0.3 is 0 Å². The molecular weight excluding hydrogens is 236 g/mol. The van der Waals surface area contributed by atoms with Crippen LogP contribution in [0, 0.1) is 17.3 Å². The Hall–Kier alpha value is -0.570. The van der Waals surface area contributed by atoms with E-state index in [9.17, 15) is 4.79 Å². The van der Waals surface area contributed by atoms with Crippen molar-refractivity contribution in [2.75, 3.05) is 6.54 Å².